The Morgan fingerprint density at radius 3 is 2.55 bits per heavy atom. The maximum atomic E-state index is 9.64. The first-order chi connectivity index (χ1) is 9.47. The number of halogens is 1. The van der Waals surface area contributed by atoms with Gasteiger partial charge in [0.25, 0.3) is 0 Å². The van der Waals surface area contributed by atoms with Crippen LogP contribution in [0.3, 0.4) is 0 Å². The number of aliphatic hydroxyl groups excluding tert-OH is 1. The molecule has 3 nitrogen and oxygen atoms in total. The number of ether oxygens (including phenoxy) is 1. The van der Waals surface area contributed by atoms with E-state index in [4.69, 9.17) is 16.3 Å². The summed E-state index contributed by atoms with van der Waals surface area (Å²) in [5, 5.41) is 10.3. The smallest absolute Gasteiger partial charge is 0.129 e. The zero-order valence-corrected chi connectivity index (χ0v) is 12.6. The van der Waals surface area contributed by atoms with Crippen LogP contribution in [0.5, 0.6) is 5.75 Å². The van der Waals surface area contributed by atoms with Gasteiger partial charge in [-0.1, -0.05) is 17.7 Å². The third-order valence-electron chi connectivity index (χ3n) is 2.78. The van der Waals surface area contributed by atoms with Gasteiger partial charge in [-0.15, -0.1) is 0 Å². The Balaban J connectivity index is 2.50. The minimum Gasteiger partial charge on any atom is -0.490 e. The van der Waals surface area contributed by atoms with E-state index in [1.54, 1.807) is 19.1 Å². The van der Waals surface area contributed by atoms with Gasteiger partial charge >= 0.3 is 0 Å². The zero-order valence-electron chi connectivity index (χ0n) is 11.8. The van der Waals surface area contributed by atoms with Crippen molar-refractivity contribution >= 4 is 11.6 Å². The van der Waals surface area contributed by atoms with Gasteiger partial charge < -0.3 is 9.84 Å². The molecule has 0 saturated carbocycles. The van der Waals surface area contributed by atoms with Gasteiger partial charge in [0.2, 0.25) is 0 Å². The molecular weight excluding hydrogens is 274 g/mol. The average Bonchev–Trinajstić information content (AvgIpc) is 2.40. The van der Waals surface area contributed by atoms with E-state index >= 15 is 0 Å². The fourth-order valence-electron chi connectivity index (χ4n) is 1.89. The van der Waals surface area contributed by atoms with Gasteiger partial charge in [-0.2, -0.15) is 0 Å². The molecule has 0 radical (unpaired) electrons. The molecule has 0 saturated heterocycles. The first-order valence-electron chi connectivity index (χ1n) is 6.59. The molecule has 0 spiro atoms. The van der Waals surface area contributed by atoms with Crippen LogP contribution in [0.2, 0.25) is 5.02 Å². The van der Waals surface area contributed by atoms with Crippen LogP contribution in [0, 0.1) is 0 Å². The predicted molar refractivity (Wildman–Crippen MR) is 81.1 cm³/mol. The van der Waals surface area contributed by atoms with E-state index in [2.05, 4.69) is 4.98 Å². The lowest BCUT2D eigenvalue weighted by Crippen LogP contribution is -2.07. The van der Waals surface area contributed by atoms with E-state index in [0.717, 1.165) is 17.0 Å². The van der Waals surface area contributed by atoms with Crippen molar-refractivity contribution in [2.24, 2.45) is 0 Å². The number of benzene rings is 1. The summed E-state index contributed by atoms with van der Waals surface area (Å²) in [6.45, 7) is 5.63. The largest absolute Gasteiger partial charge is 0.490 e. The highest BCUT2D eigenvalue weighted by Crippen LogP contribution is 2.32. The Hall–Kier alpha value is -1.58. The summed E-state index contributed by atoms with van der Waals surface area (Å²) in [5.74, 6) is 0.736. The summed E-state index contributed by atoms with van der Waals surface area (Å²) < 4.78 is 5.79. The van der Waals surface area contributed by atoms with E-state index in [1.165, 1.54) is 0 Å². The van der Waals surface area contributed by atoms with Crippen LogP contribution in [0.1, 0.15) is 32.6 Å². The summed E-state index contributed by atoms with van der Waals surface area (Å²) in [7, 11) is 0. The highest BCUT2D eigenvalue weighted by molar-refractivity contribution is 6.30. The van der Waals surface area contributed by atoms with Crippen LogP contribution >= 0.6 is 11.6 Å². The fraction of sp³-hybridized carbons (Fsp3) is 0.312. The van der Waals surface area contributed by atoms with Gasteiger partial charge in [0, 0.05) is 10.6 Å². The molecule has 2 rings (SSSR count). The van der Waals surface area contributed by atoms with E-state index in [-0.39, 0.29) is 6.10 Å². The number of nitrogens with zero attached hydrogens (tertiary/aromatic N) is 1. The molecule has 1 heterocycles. The molecular formula is C16H18ClNO2. The number of aliphatic hydroxyl groups is 1. The predicted octanol–water partition coefficient (Wildman–Crippen LogP) is 4.24. The molecule has 106 valence electrons. The molecule has 0 aliphatic carbocycles. The topological polar surface area (TPSA) is 42.4 Å². The lowest BCUT2D eigenvalue weighted by Gasteiger charge is -2.15. The molecule has 0 aliphatic heterocycles. The van der Waals surface area contributed by atoms with Crippen LogP contribution < -0.4 is 4.74 Å². The third-order valence-corrected chi connectivity index (χ3v) is 3.01. The normalized spacial score (nSPS) is 12.5. The Morgan fingerprint density at radius 1 is 1.15 bits per heavy atom. The monoisotopic (exact) mass is 291 g/mol. The molecule has 0 fully saturated rings. The number of hydrogen-bond donors (Lipinski definition) is 1. The number of hydrogen-bond acceptors (Lipinski definition) is 3. The molecule has 1 atom stereocenters. The zero-order chi connectivity index (χ0) is 14.7. The first kappa shape index (κ1) is 14.8. The minimum atomic E-state index is -0.608. The summed E-state index contributed by atoms with van der Waals surface area (Å²) >= 11 is 6.07. The molecule has 1 aromatic carbocycles. The summed E-state index contributed by atoms with van der Waals surface area (Å²) in [6, 6.07) is 11.0. The second kappa shape index (κ2) is 6.25. The van der Waals surface area contributed by atoms with Crippen LogP contribution in [-0.2, 0) is 0 Å². The average molecular weight is 292 g/mol. The first-order valence-corrected chi connectivity index (χ1v) is 6.96. The van der Waals surface area contributed by atoms with Crippen molar-refractivity contribution in [3.8, 4) is 17.0 Å². The van der Waals surface area contributed by atoms with Gasteiger partial charge in [-0.25, -0.2) is 4.98 Å². The number of pyridine rings is 1. The highest BCUT2D eigenvalue weighted by atomic mass is 35.5. The van der Waals surface area contributed by atoms with Gasteiger partial charge in [0.1, 0.15) is 5.75 Å². The van der Waals surface area contributed by atoms with Gasteiger partial charge in [-0.05, 0) is 51.1 Å². The lowest BCUT2D eigenvalue weighted by molar-refractivity contribution is 0.194. The Kier molecular flexibility index (Phi) is 4.63. The quantitative estimate of drug-likeness (QED) is 0.916. The second-order valence-electron chi connectivity index (χ2n) is 4.93. The van der Waals surface area contributed by atoms with Crippen molar-refractivity contribution < 1.29 is 9.84 Å². The highest BCUT2D eigenvalue weighted by Gasteiger charge is 2.12. The molecule has 0 bridgehead atoms. The van der Waals surface area contributed by atoms with Crippen LogP contribution in [0.4, 0.5) is 0 Å². The van der Waals surface area contributed by atoms with Crippen molar-refractivity contribution in [2.75, 3.05) is 0 Å². The van der Waals surface area contributed by atoms with Gasteiger partial charge in [0.15, 0.2) is 0 Å². The van der Waals surface area contributed by atoms with E-state index < -0.39 is 6.10 Å². The SMILES string of the molecule is CC(C)Oc1ccc(Cl)cc1-c1cccc([C@H](C)O)n1. The van der Waals surface area contributed by atoms with Gasteiger partial charge in [0.05, 0.1) is 23.6 Å². The summed E-state index contributed by atoms with van der Waals surface area (Å²) in [6.07, 6.45) is -0.543. The van der Waals surface area contributed by atoms with E-state index in [0.29, 0.717) is 10.7 Å². The third kappa shape index (κ3) is 3.50. The fourth-order valence-corrected chi connectivity index (χ4v) is 2.07. The second-order valence-corrected chi connectivity index (χ2v) is 5.37. The molecule has 1 N–H and O–H groups in total. The molecule has 0 unspecified atom stereocenters. The van der Waals surface area contributed by atoms with Crippen molar-refractivity contribution in [2.45, 2.75) is 33.0 Å². The van der Waals surface area contributed by atoms with Crippen molar-refractivity contribution in [3.63, 3.8) is 0 Å². The van der Waals surface area contributed by atoms with Crippen molar-refractivity contribution in [3.05, 3.63) is 47.1 Å². The van der Waals surface area contributed by atoms with E-state index in [9.17, 15) is 5.11 Å². The standard InChI is InChI=1S/C16H18ClNO2/c1-10(2)20-16-8-7-12(17)9-13(16)15-6-4-5-14(18-15)11(3)19/h4-11,19H,1-3H3/t11-/m0/s1. The Labute approximate surface area is 124 Å². The summed E-state index contributed by atoms with van der Waals surface area (Å²) in [5.41, 5.74) is 2.19. The molecule has 4 heteroatoms. The maximum Gasteiger partial charge on any atom is 0.129 e. The molecule has 0 amide bonds. The molecule has 0 aliphatic rings. The van der Waals surface area contributed by atoms with Crippen LogP contribution in [-0.4, -0.2) is 16.2 Å². The van der Waals surface area contributed by atoms with Gasteiger partial charge in [-0.3, -0.25) is 0 Å². The minimum absolute atomic E-state index is 0.0647. The Morgan fingerprint density at radius 2 is 1.90 bits per heavy atom. The number of rotatable bonds is 4. The number of aromatic nitrogens is 1. The molecule has 20 heavy (non-hydrogen) atoms. The van der Waals surface area contributed by atoms with Crippen LogP contribution in [0.25, 0.3) is 11.3 Å². The van der Waals surface area contributed by atoms with Crippen molar-refractivity contribution in [1.82, 2.24) is 4.98 Å². The van der Waals surface area contributed by atoms with Crippen LogP contribution in [0.15, 0.2) is 36.4 Å². The molecule has 1 aromatic heterocycles. The lowest BCUT2D eigenvalue weighted by atomic mass is 10.1. The summed E-state index contributed by atoms with van der Waals surface area (Å²) in [4.78, 5) is 4.46. The maximum absolute atomic E-state index is 9.64. The van der Waals surface area contributed by atoms with E-state index in [1.807, 2.05) is 38.1 Å². The van der Waals surface area contributed by atoms with Crippen molar-refractivity contribution in [1.29, 1.82) is 0 Å². The molecule has 2 aromatic rings. The Bertz CT molecular complexity index is 597.